The first-order valence-corrected chi connectivity index (χ1v) is 8.31. The van der Waals surface area contributed by atoms with Gasteiger partial charge in [0.25, 0.3) is 10.2 Å². The monoisotopic (exact) mass is 329 g/mol. The molecule has 1 rings (SSSR count). The van der Waals surface area contributed by atoms with Crippen molar-refractivity contribution in [2.45, 2.75) is 52.4 Å². The van der Waals surface area contributed by atoms with Crippen molar-refractivity contribution in [3.05, 3.63) is 0 Å². The van der Waals surface area contributed by atoms with Crippen LogP contribution in [0.25, 0.3) is 0 Å². The van der Waals surface area contributed by atoms with Crippen LogP contribution in [-0.4, -0.2) is 50.6 Å². The molecule has 3 N–H and O–H groups in total. The van der Waals surface area contributed by atoms with E-state index in [0.29, 0.717) is 25.6 Å². The molecule has 1 saturated heterocycles. The van der Waals surface area contributed by atoms with Gasteiger partial charge in [0.1, 0.15) is 0 Å². The fourth-order valence-corrected chi connectivity index (χ4v) is 3.95. The van der Waals surface area contributed by atoms with Crippen LogP contribution in [0.15, 0.2) is 0 Å². The number of rotatable bonds is 6. The van der Waals surface area contributed by atoms with Crippen molar-refractivity contribution in [1.29, 1.82) is 0 Å². The van der Waals surface area contributed by atoms with Gasteiger partial charge in [-0.15, -0.1) is 12.4 Å². The van der Waals surface area contributed by atoms with E-state index in [2.05, 4.69) is 18.6 Å². The van der Waals surface area contributed by atoms with Crippen molar-refractivity contribution in [3.8, 4) is 0 Å². The van der Waals surface area contributed by atoms with Gasteiger partial charge in [0.2, 0.25) is 0 Å². The highest BCUT2D eigenvalue weighted by molar-refractivity contribution is 7.87. The molecule has 0 radical (unpaired) electrons. The summed E-state index contributed by atoms with van der Waals surface area (Å²) in [5.74, 6) is 0.402. The Bertz CT molecular complexity index is 368. The second kappa shape index (κ2) is 8.51. The standard InChI is InChI=1S/C12H27N3O3S.ClH/c1-9(2)5-12(6-13)14-19(16,17)15-7-10(3)18-11(4)8-15;/h9-12,14H,5-8,13H2,1-4H3;1H. The molecule has 0 saturated carbocycles. The second-order valence-corrected chi connectivity index (χ2v) is 7.46. The van der Waals surface area contributed by atoms with Crippen LogP contribution < -0.4 is 10.5 Å². The molecule has 3 atom stereocenters. The fourth-order valence-electron chi connectivity index (χ4n) is 2.37. The van der Waals surface area contributed by atoms with Crippen molar-refractivity contribution in [1.82, 2.24) is 9.03 Å². The number of nitrogens with one attached hydrogen (secondary N) is 1. The molecule has 0 aliphatic carbocycles. The minimum atomic E-state index is -3.48. The molecule has 20 heavy (non-hydrogen) atoms. The molecule has 0 aromatic rings. The molecule has 8 heteroatoms. The Balaban J connectivity index is 0.00000361. The zero-order chi connectivity index (χ0) is 14.6. The Morgan fingerprint density at radius 3 is 2.20 bits per heavy atom. The first-order chi connectivity index (χ1) is 8.74. The Morgan fingerprint density at radius 2 is 1.80 bits per heavy atom. The molecule has 1 aliphatic rings. The summed E-state index contributed by atoms with van der Waals surface area (Å²) in [6, 6.07) is -0.210. The Kier molecular flexibility index (Phi) is 8.54. The molecule has 0 bridgehead atoms. The Labute approximate surface area is 129 Å². The van der Waals surface area contributed by atoms with Crippen LogP contribution in [0.4, 0.5) is 0 Å². The molecule has 1 heterocycles. The van der Waals surface area contributed by atoms with E-state index >= 15 is 0 Å². The number of halogens is 1. The van der Waals surface area contributed by atoms with Gasteiger partial charge in [-0.1, -0.05) is 13.8 Å². The number of morpholine rings is 1. The minimum Gasteiger partial charge on any atom is -0.373 e. The predicted molar refractivity (Wildman–Crippen MR) is 83.2 cm³/mol. The highest BCUT2D eigenvalue weighted by atomic mass is 35.5. The number of ether oxygens (including phenoxy) is 1. The van der Waals surface area contributed by atoms with E-state index in [1.54, 1.807) is 0 Å². The van der Waals surface area contributed by atoms with Crippen LogP contribution in [0.1, 0.15) is 34.1 Å². The molecular formula is C12H28ClN3O3S. The number of hydrogen-bond donors (Lipinski definition) is 2. The van der Waals surface area contributed by atoms with Gasteiger partial charge in [0, 0.05) is 25.7 Å². The normalized spacial score (nSPS) is 26.3. The Morgan fingerprint density at radius 1 is 1.30 bits per heavy atom. The van der Waals surface area contributed by atoms with E-state index in [9.17, 15) is 8.42 Å². The highest BCUT2D eigenvalue weighted by Crippen LogP contribution is 2.14. The third-order valence-corrected chi connectivity index (χ3v) is 4.69. The van der Waals surface area contributed by atoms with Crippen molar-refractivity contribution in [2.75, 3.05) is 19.6 Å². The highest BCUT2D eigenvalue weighted by Gasteiger charge is 2.32. The molecule has 0 aromatic heterocycles. The number of hydrogen-bond acceptors (Lipinski definition) is 4. The molecule has 6 nitrogen and oxygen atoms in total. The molecule has 122 valence electrons. The van der Waals surface area contributed by atoms with Gasteiger partial charge in [-0.3, -0.25) is 0 Å². The maximum atomic E-state index is 12.3. The predicted octanol–water partition coefficient (Wildman–Crippen LogP) is 0.725. The molecular weight excluding hydrogens is 302 g/mol. The molecule has 1 aliphatic heterocycles. The fraction of sp³-hybridized carbons (Fsp3) is 1.00. The zero-order valence-electron chi connectivity index (χ0n) is 12.7. The van der Waals surface area contributed by atoms with Crippen molar-refractivity contribution < 1.29 is 13.2 Å². The maximum absolute atomic E-state index is 12.3. The maximum Gasteiger partial charge on any atom is 0.279 e. The minimum absolute atomic E-state index is 0. The van der Waals surface area contributed by atoms with E-state index in [-0.39, 0.29) is 30.7 Å². The third-order valence-electron chi connectivity index (χ3n) is 3.08. The summed E-state index contributed by atoms with van der Waals surface area (Å²) in [4.78, 5) is 0. The van der Waals surface area contributed by atoms with Gasteiger partial charge in [-0.25, -0.2) is 0 Å². The first kappa shape index (κ1) is 20.1. The van der Waals surface area contributed by atoms with Crippen molar-refractivity contribution in [3.63, 3.8) is 0 Å². The van der Waals surface area contributed by atoms with Gasteiger partial charge < -0.3 is 10.5 Å². The summed E-state index contributed by atoms with van der Waals surface area (Å²) in [6.07, 6.45) is 0.578. The molecule has 3 unspecified atom stereocenters. The van der Waals surface area contributed by atoms with Crippen LogP contribution >= 0.6 is 12.4 Å². The van der Waals surface area contributed by atoms with E-state index in [4.69, 9.17) is 10.5 Å². The molecule has 0 spiro atoms. The average Bonchev–Trinajstić information content (AvgIpc) is 2.25. The summed E-state index contributed by atoms with van der Waals surface area (Å²) < 4.78 is 34.4. The quantitative estimate of drug-likeness (QED) is 0.752. The van der Waals surface area contributed by atoms with Crippen molar-refractivity contribution in [2.24, 2.45) is 11.7 Å². The molecule has 0 amide bonds. The zero-order valence-corrected chi connectivity index (χ0v) is 14.3. The summed E-state index contributed by atoms with van der Waals surface area (Å²) in [6.45, 7) is 8.95. The lowest BCUT2D eigenvalue weighted by atomic mass is 10.1. The van der Waals surface area contributed by atoms with Crippen LogP contribution in [0.3, 0.4) is 0 Å². The van der Waals surface area contributed by atoms with Crippen molar-refractivity contribution >= 4 is 22.6 Å². The lowest BCUT2D eigenvalue weighted by Crippen LogP contribution is -2.54. The van der Waals surface area contributed by atoms with Gasteiger partial charge in [-0.05, 0) is 26.2 Å². The van der Waals surface area contributed by atoms with E-state index in [0.717, 1.165) is 6.42 Å². The van der Waals surface area contributed by atoms with E-state index in [1.165, 1.54) is 4.31 Å². The summed E-state index contributed by atoms with van der Waals surface area (Å²) in [7, 11) is -3.48. The topological polar surface area (TPSA) is 84.7 Å². The SMILES string of the molecule is CC(C)CC(CN)NS(=O)(=O)N1CC(C)OC(C)C1.Cl. The lowest BCUT2D eigenvalue weighted by Gasteiger charge is -2.35. The van der Waals surface area contributed by atoms with Gasteiger partial charge in [0.05, 0.1) is 12.2 Å². The number of nitrogens with zero attached hydrogens (tertiary/aromatic N) is 1. The van der Waals surface area contributed by atoms with Crippen LogP contribution in [0.2, 0.25) is 0 Å². The first-order valence-electron chi connectivity index (χ1n) is 6.87. The summed E-state index contributed by atoms with van der Waals surface area (Å²) in [5, 5.41) is 0. The molecule has 0 aromatic carbocycles. The van der Waals surface area contributed by atoms with Gasteiger partial charge >= 0.3 is 0 Å². The number of nitrogens with two attached hydrogens (primary N) is 1. The van der Waals surface area contributed by atoms with E-state index in [1.807, 2.05) is 13.8 Å². The average molecular weight is 330 g/mol. The largest absolute Gasteiger partial charge is 0.373 e. The van der Waals surface area contributed by atoms with Gasteiger partial charge in [-0.2, -0.15) is 17.4 Å². The summed E-state index contributed by atoms with van der Waals surface area (Å²) >= 11 is 0. The van der Waals surface area contributed by atoms with E-state index < -0.39 is 10.2 Å². The lowest BCUT2D eigenvalue weighted by molar-refractivity contribution is -0.0444. The Hall–Kier alpha value is 0.0800. The third kappa shape index (κ3) is 6.24. The molecule has 1 fully saturated rings. The smallest absolute Gasteiger partial charge is 0.279 e. The second-order valence-electron chi connectivity index (χ2n) is 5.76. The van der Waals surface area contributed by atoms with Gasteiger partial charge in [0.15, 0.2) is 0 Å². The van der Waals surface area contributed by atoms with Crippen LogP contribution in [0, 0.1) is 5.92 Å². The van der Waals surface area contributed by atoms with Crippen LogP contribution in [0.5, 0.6) is 0 Å². The van der Waals surface area contributed by atoms with Crippen LogP contribution in [-0.2, 0) is 14.9 Å². The summed E-state index contributed by atoms with van der Waals surface area (Å²) in [5.41, 5.74) is 5.64.